The number of thioether (sulfide) groups is 1. The summed E-state index contributed by atoms with van der Waals surface area (Å²) < 4.78 is 0. The van der Waals surface area contributed by atoms with E-state index in [0.29, 0.717) is 12.3 Å². The van der Waals surface area contributed by atoms with Gasteiger partial charge in [-0.2, -0.15) is 11.8 Å². The third-order valence-corrected chi connectivity index (χ3v) is 3.04. The Bertz CT molecular complexity index is 158. The van der Waals surface area contributed by atoms with Gasteiger partial charge in [0.2, 0.25) is 5.91 Å². The zero-order valence-electron chi connectivity index (χ0n) is 8.21. The number of nitrogens with zero attached hydrogens (tertiary/aromatic N) is 1. The molecule has 4 heteroatoms. The van der Waals surface area contributed by atoms with E-state index in [2.05, 4.69) is 12.2 Å². The van der Waals surface area contributed by atoms with E-state index < -0.39 is 0 Å². The van der Waals surface area contributed by atoms with Crippen LogP contribution in [-0.2, 0) is 4.79 Å². The van der Waals surface area contributed by atoms with Crippen molar-refractivity contribution >= 4 is 17.7 Å². The van der Waals surface area contributed by atoms with Crippen molar-refractivity contribution in [1.29, 1.82) is 0 Å². The van der Waals surface area contributed by atoms with Gasteiger partial charge >= 0.3 is 0 Å². The van der Waals surface area contributed by atoms with Gasteiger partial charge < -0.3 is 10.2 Å². The van der Waals surface area contributed by atoms with Gasteiger partial charge in [-0.05, 0) is 5.75 Å². The van der Waals surface area contributed by atoms with Crippen molar-refractivity contribution in [3.63, 3.8) is 0 Å². The molecule has 0 aromatic carbocycles. The SMILES string of the molecule is CCSCCC(=O)N1CCNCC1. The van der Waals surface area contributed by atoms with Gasteiger partial charge in [-0.15, -0.1) is 0 Å². The highest BCUT2D eigenvalue weighted by Gasteiger charge is 2.14. The first-order chi connectivity index (χ1) is 6.34. The first kappa shape index (κ1) is 10.9. The molecule has 1 heterocycles. The van der Waals surface area contributed by atoms with E-state index in [1.165, 1.54) is 0 Å². The molecule has 0 aromatic heterocycles. The van der Waals surface area contributed by atoms with Gasteiger partial charge in [-0.3, -0.25) is 4.79 Å². The first-order valence-corrected chi connectivity index (χ1v) is 6.06. The zero-order valence-corrected chi connectivity index (χ0v) is 9.03. The first-order valence-electron chi connectivity index (χ1n) is 4.91. The minimum absolute atomic E-state index is 0.322. The molecule has 1 aliphatic heterocycles. The second-order valence-corrected chi connectivity index (χ2v) is 4.47. The lowest BCUT2D eigenvalue weighted by molar-refractivity contribution is -0.131. The summed E-state index contributed by atoms with van der Waals surface area (Å²) in [5.74, 6) is 2.40. The lowest BCUT2D eigenvalue weighted by Crippen LogP contribution is -2.46. The zero-order chi connectivity index (χ0) is 9.52. The molecule has 1 rings (SSSR count). The molecule has 0 atom stereocenters. The molecule has 0 radical (unpaired) electrons. The van der Waals surface area contributed by atoms with E-state index in [0.717, 1.165) is 37.7 Å². The van der Waals surface area contributed by atoms with Crippen molar-refractivity contribution in [3.8, 4) is 0 Å². The Labute approximate surface area is 84.2 Å². The quantitative estimate of drug-likeness (QED) is 0.676. The number of hydrogen-bond donors (Lipinski definition) is 1. The lowest BCUT2D eigenvalue weighted by Gasteiger charge is -2.27. The minimum atomic E-state index is 0.322. The van der Waals surface area contributed by atoms with Crippen molar-refractivity contribution < 1.29 is 4.79 Å². The Kier molecular flexibility index (Phi) is 5.23. The highest BCUT2D eigenvalue weighted by Crippen LogP contribution is 2.04. The van der Waals surface area contributed by atoms with Crippen LogP contribution >= 0.6 is 11.8 Å². The Hall–Kier alpha value is -0.220. The van der Waals surface area contributed by atoms with Crippen molar-refractivity contribution in [3.05, 3.63) is 0 Å². The molecule has 1 fully saturated rings. The van der Waals surface area contributed by atoms with Crippen LogP contribution in [0.3, 0.4) is 0 Å². The molecule has 1 N–H and O–H groups in total. The third-order valence-electron chi connectivity index (χ3n) is 2.13. The van der Waals surface area contributed by atoms with Crippen molar-refractivity contribution in [1.82, 2.24) is 10.2 Å². The van der Waals surface area contributed by atoms with E-state index in [-0.39, 0.29) is 0 Å². The fourth-order valence-corrected chi connectivity index (χ4v) is 1.98. The largest absolute Gasteiger partial charge is 0.340 e. The summed E-state index contributed by atoms with van der Waals surface area (Å²) in [6, 6.07) is 0. The van der Waals surface area contributed by atoms with Crippen LogP contribution in [-0.4, -0.2) is 48.5 Å². The Morgan fingerprint density at radius 2 is 2.15 bits per heavy atom. The van der Waals surface area contributed by atoms with Gasteiger partial charge in [-0.1, -0.05) is 6.92 Å². The molecule has 0 saturated carbocycles. The fourth-order valence-electron chi connectivity index (χ4n) is 1.38. The summed E-state index contributed by atoms with van der Waals surface area (Å²) in [5, 5.41) is 3.24. The molecule has 13 heavy (non-hydrogen) atoms. The Morgan fingerprint density at radius 1 is 1.46 bits per heavy atom. The van der Waals surface area contributed by atoms with E-state index in [9.17, 15) is 4.79 Å². The number of hydrogen-bond acceptors (Lipinski definition) is 3. The summed E-state index contributed by atoms with van der Waals surface area (Å²) in [7, 11) is 0. The van der Waals surface area contributed by atoms with Crippen LogP contribution < -0.4 is 5.32 Å². The Balaban J connectivity index is 2.13. The van der Waals surface area contributed by atoms with Crippen LogP contribution in [0.4, 0.5) is 0 Å². The van der Waals surface area contributed by atoms with E-state index in [1.807, 2.05) is 16.7 Å². The average molecular weight is 202 g/mol. The van der Waals surface area contributed by atoms with Gasteiger partial charge in [0.1, 0.15) is 0 Å². The smallest absolute Gasteiger partial charge is 0.223 e. The maximum absolute atomic E-state index is 11.6. The van der Waals surface area contributed by atoms with Crippen molar-refractivity contribution in [2.24, 2.45) is 0 Å². The molecule has 0 unspecified atom stereocenters. The van der Waals surface area contributed by atoms with Crippen LogP contribution in [0, 0.1) is 0 Å². The van der Waals surface area contributed by atoms with Gasteiger partial charge in [0.25, 0.3) is 0 Å². The molecule has 0 aromatic rings. The molecular weight excluding hydrogens is 184 g/mol. The molecular formula is C9H18N2OS. The summed E-state index contributed by atoms with van der Waals surface area (Å²) in [4.78, 5) is 13.5. The normalized spacial score (nSPS) is 17.5. The predicted molar refractivity (Wildman–Crippen MR) is 57.1 cm³/mol. The number of rotatable bonds is 4. The molecule has 3 nitrogen and oxygen atoms in total. The van der Waals surface area contributed by atoms with Gasteiger partial charge in [0, 0.05) is 38.4 Å². The van der Waals surface area contributed by atoms with Crippen LogP contribution in [0.25, 0.3) is 0 Å². The molecule has 1 aliphatic rings. The van der Waals surface area contributed by atoms with Crippen LogP contribution in [0.1, 0.15) is 13.3 Å². The van der Waals surface area contributed by atoms with Crippen LogP contribution in [0.5, 0.6) is 0 Å². The topological polar surface area (TPSA) is 32.3 Å². The number of carbonyl (C=O) groups excluding carboxylic acids is 1. The molecule has 0 bridgehead atoms. The summed E-state index contributed by atoms with van der Waals surface area (Å²) in [6.45, 7) is 5.80. The predicted octanol–water partition coefficient (Wildman–Crippen LogP) is 0.561. The van der Waals surface area contributed by atoms with Gasteiger partial charge in [0.05, 0.1) is 0 Å². The summed E-state index contributed by atoms with van der Waals surface area (Å²) in [5.41, 5.74) is 0. The van der Waals surface area contributed by atoms with Crippen molar-refractivity contribution in [2.75, 3.05) is 37.7 Å². The van der Waals surface area contributed by atoms with Gasteiger partial charge in [-0.25, -0.2) is 0 Å². The van der Waals surface area contributed by atoms with E-state index in [4.69, 9.17) is 0 Å². The minimum Gasteiger partial charge on any atom is -0.340 e. The van der Waals surface area contributed by atoms with Crippen LogP contribution in [0.2, 0.25) is 0 Å². The molecule has 1 amide bonds. The number of piperazine rings is 1. The maximum Gasteiger partial charge on any atom is 0.223 e. The highest BCUT2D eigenvalue weighted by molar-refractivity contribution is 7.99. The van der Waals surface area contributed by atoms with Crippen molar-refractivity contribution in [2.45, 2.75) is 13.3 Å². The molecule has 0 aliphatic carbocycles. The van der Waals surface area contributed by atoms with E-state index in [1.54, 1.807) is 0 Å². The Morgan fingerprint density at radius 3 is 2.77 bits per heavy atom. The number of amides is 1. The third kappa shape index (κ3) is 4.00. The van der Waals surface area contributed by atoms with E-state index >= 15 is 0 Å². The molecule has 1 saturated heterocycles. The number of nitrogens with one attached hydrogen (secondary N) is 1. The second kappa shape index (κ2) is 6.27. The average Bonchev–Trinajstić information content (AvgIpc) is 2.19. The second-order valence-electron chi connectivity index (χ2n) is 3.08. The summed E-state index contributed by atoms with van der Waals surface area (Å²) >= 11 is 1.84. The molecule has 76 valence electrons. The highest BCUT2D eigenvalue weighted by atomic mass is 32.2. The fraction of sp³-hybridized carbons (Fsp3) is 0.889. The van der Waals surface area contributed by atoms with Gasteiger partial charge in [0.15, 0.2) is 0 Å². The standard InChI is InChI=1S/C9H18N2OS/c1-2-13-8-3-9(12)11-6-4-10-5-7-11/h10H,2-8H2,1H3. The monoisotopic (exact) mass is 202 g/mol. The maximum atomic E-state index is 11.6. The summed E-state index contributed by atoms with van der Waals surface area (Å²) in [6.07, 6.45) is 0.707. The van der Waals surface area contributed by atoms with Crippen LogP contribution in [0.15, 0.2) is 0 Å². The lowest BCUT2D eigenvalue weighted by atomic mass is 10.3. The molecule has 0 spiro atoms. The number of carbonyl (C=O) groups is 1.